The van der Waals surface area contributed by atoms with Gasteiger partial charge in [0, 0.05) is 0 Å². The van der Waals surface area contributed by atoms with Crippen LogP contribution in [0.1, 0.15) is 157 Å². The van der Waals surface area contributed by atoms with E-state index in [4.69, 9.17) is 9.47 Å². The molecule has 0 heterocycles. The van der Waals surface area contributed by atoms with Gasteiger partial charge in [-0.05, 0) is 62.2 Å². The number of ether oxygens (including phenoxy) is 2. The second kappa shape index (κ2) is 18.2. The molecule has 1 fully saturated rings. The first kappa shape index (κ1) is 33.0. The van der Waals surface area contributed by atoms with Gasteiger partial charge in [-0.25, -0.2) is 0 Å². The molecule has 0 unspecified atom stereocenters. The molecule has 0 atom stereocenters. The van der Waals surface area contributed by atoms with Crippen molar-refractivity contribution < 1.29 is 19.1 Å². The third-order valence-corrected chi connectivity index (χ3v) is 8.79. The smallest absolute Gasteiger partial charge is 0.308 e. The largest absolute Gasteiger partial charge is 0.465 e. The maximum Gasteiger partial charge on any atom is 0.308 e. The van der Waals surface area contributed by atoms with E-state index in [0.717, 1.165) is 51.4 Å². The SMILES string of the molecule is CCC(C)(C)CCCCCCCOC(=O)C1CCC(C(=O)OCCCCCCCC(C)(C)CC)CC1. The second-order valence-corrected chi connectivity index (χ2v) is 13.0. The highest BCUT2D eigenvalue weighted by Gasteiger charge is 2.31. The van der Waals surface area contributed by atoms with Crippen LogP contribution in [0.15, 0.2) is 0 Å². The average molecular weight is 509 g/mol. The summed E-state index contributed by atoms with van der Waals surface area (Å²) in [6, 6.07) is 0. The number of carbonyl (C=O) groups excluding carboxylic acids is 2. The van der Waals surface area contributed by atoms with Gasteiger partial charge in [-0.1, -0.05) is 106 Å². The Morgan fingerprint density at radius 3 is 1.19 bits per heavy atom. The Bertz CT molecular complexity index is 535. The van der Waals surface area contributed by atoms with E-state index in [1.54, 1.807) is 0 Å². The molecule has 0 radical (unpaired) electrons. The highest BCUT2D eigenvalue weighted by atomic mass is 16.5. The summed E-state index contributed by atoms with van der Waals surface area (Å²) < 4.78 is 11.1. The number of hydrogen-bond donors (Lipinski definition) is 0. The van der Waals surface area contributed by atoms with E-state index >= 15 is 0 Å². The predicted molar refractivity (Wildman–Crippen MR) is 151 cm³/mol. The van der Waals surface area contributed by atoms with Gasteiger partial charge in [-0.3, -0.25) is 9.59 Å². The topological polar surface area (TPSA) is 52.6 Å². The van der Waals surface area contributed by atoms with E-state index in [2.05, 4.69) is 41.5 Å². The third-order valence-electron chi connectivity index (χ3n) is 8.79. The van der Waals surface area contributed by atoms with E-state index in [1.807, 2.05) is 0 Å². The number of carbonyl (C=O) groups is 2. The van der Waals surface area contributed by atoms with Crippen LogP contribution in [-0.4, -0.2) is 25.2 Å². The van der Waals surface area contributed by atoms with Crippen LogP contribution >= 0.6 is 0 Å². The number of rotatable bonds is 20. The molecular formula is C32H60O4. The van der Waals surface area contributed by atoms with Crippen molar-refractivity contribution in [3.63, 3.8) is 0 Å². The van der Waals surface area contributed by atoms with Crippen LogP contribution < -0.4 is 0 Å². The van der Waals surface area contributed by atoms with Crippen LogP contribution in [0.2, 0.25) is 0 Å². The fourth-order valence-electron chi connectivity index (χ4n) is 4.97. The summed E-state index contributed by atoms with van der Waals surface area (Å²) in [5.74, 6) is -0.200. The Labute approximate surface area is 224 Å². The first-order valence-electron chi connectivity index (χ1n) is 15.4. The summed E-state index contributed by atoms with van der Waals surface area (Å²) in [6.07, 6.45) is 19.9. The van der Waals surface area contributed by atoms with Crippen LogP contribution in [-0.2, 0) is 19.1 Å². The normalized spacial score (nSPS) is 18.7. The Balaban J connectivity index is 2.01. The molecule has 0 aliphatic heterocycles. The highest BCUT2D eigenvalue weighted by molar-refractivity contribution is 5.75. The Morgan fingerprint density at radius 2 is 0.861 bits per heavy atom. The molecule has 0 aromatic carbocycles. The minimum Gasteiger partial charge on any atom is -0.465 e. The molecule has 212 valence electrons. The van der Waals surface area contributed by atoms with E-state index in [0.29, 0.717) is 24.0 Å². The maximum absolute atomic E-state index is 12.4. The van der Waals surface area contributed by atoms with Crippen LogP contribution in [0.25, 0.3) is 0 Å². The lowest BCUT2D eigenvalue weighted by atomic mass is 9.82. The number of esters is 2. The minimum atomic E-state index is -0.0613. The van der Waals surface area contributed by atoms with Crippen LogP contribution in [0.3, 0.4) is 0 Å². The molecule has 1 rings (SSSR count). The summed E-state index contributed by atoms with van der Waals surface area (Å²) in [7, 11) is 0. The van der Waals surface area contributed by atoms with Crippen molar-refractivity contribution >= 4 is 11.9 Å². The van der Waals surface area contributed by atoms with Gasteiger partial charge in [0.15, 0.2) is 0 Å². The van der Waals surface area contributed by atoms with Crippen LogP contribution in [0.5, 0.6) is 0 Å². The monoisotopic (exact) mass is 508 g/mol. The molecule has 1 aliphatic rings. The lowest BCUT2D eigenvalue weighted by Gasteiger charge is -2.26. The third kappa shape index (κ3) is 15.3. The zero-order valence-corrected chi connectivity index (χ0v) is 24.9. The maximum atomic E-state index is 12.4. The van der Waals surface area contributed by atoms with Crippen molar-refractivity contribution in [3.05, 3.63) is 0 Å². The molecule has 4 heteroatoms. The summed E-state index contributed by atoms with van der Waals surface area (Å²) in [5, 5.41) is 0. The molecule has 0 saturated heterocycles. The Morgan fingerprint density at radius 1 is 0.556 bits per heavy atom. The second-order valence-electron chi connectivity index (χ2n) is 13.0. The van der Waals surface area contributed by atoms with Crippen molar-refractivity contribution in [2.24, 2.45) is 22.7 Å². The van der Waals surface area contributed by atoms with E-state index in [9.17, 15) is 9.59 Å². The molecule has 0 N–H and O–H groups in total. The van der Waals surface area contributed by atoms with Crippen molar-refractivity contribution in [2.45, 2.75) is 157 Å². The molecule has 36 heavy (non-hydrogen) atoms. The molecule has 0 aromatic rings. The predicted octanol–water partition coefficient (Wildman–Crippen LogP) is 9.43. The van der Waals surface area contributed by atoms with E-state index in [-0.39, 0.29) is 23.8 Å². The number of hydrogen-bond acceptors (Lipinski definition) is 4. The van der Waals surface area contributed by atoms with E-state index in [1.165, 1.54) is 64.2 Å². The Hall–Kier alpha value is -1.06. The van der Waals surface area contributed by atoms with Crippen LogP contribution in [0.4, 0.5) is 0 Å². The molecule has 4 nitrogen and oxygen atoms in total. The molecule has 1 saturated carbocycles. The summed E-state index contributed by atoms with van der Waals surface area (Å²) >= 11 is 0. The van der Waals surface area contributed by atoms with Crippen molar-refractivity contribution in [2.75, 3.05) is 13.2 Å². The van der Waals surface area contributed by atoms with Crippen LogP contribution in [0, 0.1) is 22.7 Å². The Kier molecular flexibility index (Phi) is 16.7. The first-order chi connectivity index (χ1) is 17.1. The van der Waals surface area contributed by atoms with Gasteiger partial charge >= 0.3 is 11.9 Å². The summed E-state index contributed by atoms with van der Waals surface area (Å²) in [5.41, 5.74) is 0.938. The van der Waals surface area contributed by atoms with Gasteiger partial charge in [-0.15, -0.1) is 0 Å². The minimum absolute atomic E-state index is 0.0389. The quantitative estimate of drug-likeness (QED) is 0.121. The first-order valence-corrected chi connectivity index (χ1v) is 15.4. The van der Waals surface area contributed by atoms with Gasteiger partial charge < -0.3 is 9.47 Å². The lowest BCUT2D eigenvalue weighted by Crippen LogP contribution is -2.28. The van der Waals surface area contributed by atoms with Gasteiger partial charge in [0.2, 0.25) is 0 Å². The summed E-state index contributed by atoms with van der Waals surface area (Å²) in [4.78, 5) is 24.8. The molecule has 1 aliphatic carbocycles. The highest BCUT2D eigenvalue weighted by Crippen LogP contribution is 2.31. The molecule has 0 amide bonds. The molecule has 0 spiro atoms. The zero-order valence-electron chi connectivity index (χ0n) is 24.9. The van der Waals surface area contributed by atoms with Gasteiger partial charge in [0.1, 0.15) is 0 Å². The van der Waals surface area contributed by atoms with Gasteiger partial charge in [0.25, 0.3) is 0 Å². The summed E-state index contributed by atoms with van der Waals surface area (Å²) in [6.45, 7) is 15.0. The zero-order chi connectivity index (χ0) is 26.9. The molecule has 0 aromatic heterocycles. The number of unbranched alkanes of at least 4 members (excludes halogenated alkanes) is 8. The fourth-order valence-corrected chi connectivity index (χ4v) is 4.97. The van der Waals surface area contributed by atoms with Crippen molar-refractivity contribution in [3.8, 4) is 0 Å². The lowest BCUT2D eigenvalue weighted by molar-refractivity contribution is -0.155. The average Bonchev–Trinajstić information content (AvgIpc) is 2.86. The molecular weight excluding hydrogens is 448 g/mol. The van der Waals surface area contributed by atoms with Crippen molar-refractivity contribution in [1.29, 1.82) is 0 Å². The van der Waals surface area contributed by atoms with Gasteiger partial charge in [0.05, 0.1) is 25.0 Å². The van der Waals surface area contributed by atoms with Crippen molar-refractivity contribution in [1.82, 2.24) is 0 Å². The standard InChI is InChI=1S/C32H60O4/c1-7-31(3,4)23-15-11-9-13-17-25-35-29(33)27-19-21-28(22-20-27)30(34)36-26-18-14-10-12-16-24-32(5,6)8-2/h27-28H,7-26H2,1-6H3. The van der Waals surface area contributed by atoms with E-state index < -0.39 is 0 Å². The van der Waals surface area contributed by atoms with Gasteiger partial charge in [-0.2, -0.15) is 0 Å². The molecule has 0 bridgehead atoms. The fraction of sp³-hybridized carbons (Fsp3) is 0.938.